The second kappa shape index (κ2) is 5.84. The van der Waals surface area contributed by atoms with Crippen molar-refractivity contribution >= 4 is 10.1 Å². The summed E-state index contributed by atoms with van der Waals surface area (Å²) in [5.74, 6) is 0. The SMILES string of the molecule is N[C@H](CO)[C@@H](O)[C@H](O)[C@@H](O)C(O)S(=O)(=O)O. The molecule has 0 aliphatic carbocycles. The van der Waals surface area contributed by atoms with Gasteiger partial charge in [0.1, 0.15) is 12.2 Å². The Balaban J connectivity index is 4.67. The average molecular weight is 261 g/mol. The van der Waals surface area contributed by atoms with Crippen LogP contribution in [0.1, 0.15) is 0 Å². The predicted octanol–water partition coefficient (Wildman–Crippen LogP) is -4.41. The molecule has 10 heteroatoms. The number of hydrogen-bond acceptors (Lipinski definition) is 8. The zero-order chi connectivity index (χ0) is 13.1. The summed E-state index contributed by atoms with van der Waals surface area (Å²) in [6, 6.07) is -1.33. The van der Waals surface area contributed by atoms with Gasteiger partial charge in [-0.1, -0.05) is 0 Å². The van der Waals surface area contributed by atoms with Gasteiger partial charge in [-0.2, -0.15) is 8.42 Å². The molecule has 16 heavy (non-hydrogen) atoms. The molecule has 0 rings (SSSR count). The van der Waals surface area contributed by atoms with Crippen molar-refractivity contribution in [3.63, 3.8) is 0 Å². The van der Waals surface area contributed by atoms with E-state index in [-0.39, 0.29) is 0 Å². The van der Waals surface area contributed by atoms with Crippen molar-refractivity contribution in [2.75, 3.05) is 6.61 Å². The summed E-state index contributed by atoms with van der Waals surface area (Å²) in [5, 5.41) is 44.9. The zero-order valence-corrected chi connectivity index (χ0v) is 8.90. The molecule has 0 fully saturated rings. The van der Waals surface area contributed by atoms with E-state index >= 15 is 0 Å². The van der Waals surface area contributed by atoms with Gasteiger partial charge < -0.3 is 31.3 Å². The van der Waals surface area contributed by atoms with Crippen LogP contribution in [0.25, 0.3) is 0 Å². The molecule has 1 unspecified atom stereocenters. The van der Waals surface area contributed by atoms with Crippen molar-refractivity contribution < 1.29 is 38.5 Å². The minimum absolute atomic E-state index is 0.729. The summed E-state index contributed by atoms with van der Waals surface area (Å²) >= 11 is 0. The largest absolute Gasteiger partial charge is 0.395 e. The highest BCUT2D eigenvalue weighted by Crippen LogP contribution is 2.10. The molecule has 8 N–H and O–H groups in total. The van der Waals surface area contributed by atoms with E-state index in [0.717, 1.165) is 0 Å². The molecule has 5 atom stereocenters. The highest BCUT2D eigenvalue weighted by molar-refractivity contribution is 7.86. The monoisotopic (exact) mass is 261 g/mol. The number of hydrogen-bond donors (Lipinski definition) is 7. The minimum Gasteiger partial charge on any atom is -0.395 e. The molecular weight excluding hydrogens is 246 g/mol. The van der Waals surface area contributed by atoms with Crippen LogP contribution < -0.4 is 5.73 Å². The Morgan fingerprint density at radius 3 is 1.75 bits per heavy atom. The third-order valence-corrected chi connectivity index (χ3v) is 2.84. The van der Waals surface area contributed by atoms with Crippen LogP contribution in [0.3, 0.4) is 0 Å². The van der Waals surface area contributed by atoms with Crippen LogP contribution in [0.5, 0.6) is 0 Å². The van der Waals surface area contributed by atoms with E-state index in [1.54, 1.807) is 0 Å². The second-order valence-electron chi connectivity index (χ2n) is 3.22. The first-order valence-electron chi connectivity index (χ1n) is 4.18. The lowest BCUT2D eigenvalue weighted by Gasteiger charge is -2.27. The fourth-order valence-electron chi connectivity index (χ4n) is 0.908. The molecule has 0 aliphatic rings. The van der Waals surface area contributed by atoms with E-state index in [4.69, 9.17) is 25.6 Å². The molecule has 0 spiro atoms. The summed E-state index contributed by atoms with van der Waals surface area (Å²) in [7, 11) is -4.98. The maximum atomic E-state index is 10.4. The van der Waals surface area contributed by atoms with Crippen molar-refractivity contribution in [1.82, 2.24) is 0 Å². The molecule has 0 heterocycles. The molecule has 0 saturated carbocycles. The number of aliphatic hydroxyl groups is 5. The van der Waals surface area contributed by atoms with Crippen molar-refractivity contribution in [2.45, 2.75) is 29.8 Å². The molecular formula is C6H15NO8S. The van der Waals surface area contributed by atoms with Crippen LogP contribution in [0, 0.1) is 0 Å². The van der Waals surface area contributed by atoms with Gasteiger partial charge in [0.05, 0.1) is 18.8 Å². The van der Waals surface area contributed by atoms with Crippen molar-refractivity contribution in [2.24, 2.45) is 5.73 Å². The average Bonchev–Trinajstić information content (AvgIpc) is 2.22. The third-order valence-electron chi connectivity index (χ3n) is 1.95. The minimum atomic E-state index is -4.98. The Morgan fingerprint density at radius 1 is 1.00 bits per heavy atom. The molecule has 0 aromatic carbocycles. The molecule has 0 amide bonds. The van der Waals surface area contributed by atoms with E-state index in [1.165, 1.54) is 0 Å². The number of rotatable bonds is 6. The molecule has 9 nitrogen and oxygen atoms in total. The summed E-state index contributed by atoms with van der Waals surface area (Å²) in [4.78, 5) is 0. The molecule has 98 valence electrons. The first kappa shape index (κ1) is 15.7. The summed E-state index contributed by atoms with van der Waals surface area (Å²) in [6.07, 6.45) is -6.36. The molecule has 0 aromatic heterocycles. The van der Waals surface area contributed by atoms with Crippen molar-refractivity contribution in [1.29, 1.82) is 0 Å². The van der Waals surface area contributed by atoms with E-state index in [2.05, 4.69) is 0 Å². The van der Waals surface area contributed by atoms with Crippen LogP contribution in [0.2, 0.25) is 0 Å². The van der Waals surface area contributed by atoms with Crippen LogP contribution in [-0.4, -0.2) is 74.9 Å². The van der Waals surface area contributed by atoms with Crippen LogP contribution in [-0.2, 0) is 10.1 Å². The fourth-order valence-corrected chi connectivity index (χ4v) is 1.42. The number of nitrogens with two attached hydrogens (primary N) is 1. The Morgan fingerprint density at radius 2 is 1.44 bits per heavy atom. The van der Waals surface area contributed by atoms with Crippen LogP contribution in [0.15, 0.2) is 0 Å². The quantitative estimate of drug-likeness (QED) is 0.232. The van der Waals surface area contributed by atoms with Crippen molar-refractivity contribution in [3.8, 4) is 0 Å². The Hall–Kier alpha value is -0.330. The third kappa shape index (κ3) is 3.92. The fraction of sp³-hybridized carbons (Fsp3) is 1.00. The van der Waals surface area contributed by atoms with Gasteiger partial charge in [-0.3, -0.25) is 4.55 Å². The van der Waals surface area contributed by atoms with Gasteiger partial charge in [0.15, 0.2) is 0 Å². The lowest BCUT2D eigenvalue weighted by atomic mass is 10.0. The Bertz CT molecular complexity index is 306. The van der Waals surface area contributed by atoms with Gasteiger partial charge in [0.25, 0.3) is 10.1 Å². The standard InChI is InChI=1S/C6H15NO8S/c7-2(1-8)3(9)4(10)5(11)6(12)16(13,14)15/h2-6,8-12H,1,7H2,(H,13,14,15)/t2-,3-,4+,5-,6?/m1/s1. The molecule has 0 aliphatic heterocycles. The smallest absolute Gasteiger partial charge is 0.294 e. The topological polar surface area (TPSA) is 182 Å². The molecule has 0 bridgehead atoms. The van der Waals surface area contributed by atoms with Gasteiger partial charge in [0.2, 0.25) is 5.44 Å². The first-order valence-corrected chi connectivity index (χ1v) is 5.68. The molecule has 0 aromatic rings. The lowest BCUT2D eigenvalue weighted by Crippen LogP contribution is -2.54. The summed E-state index contributed by atoms with van der Waals surface area (Å²) in [5.41, 5.74) is 2.42. The van der Waals surface area contributed by atoms with Crippen LogP contribution in [0.4, 0.5) is 0 Å². The summed E-state index contributed by atoms with van der Waals surface area (Å²) < 4.78 is 29.2. The lowest BCUT2D eigenvalue weighted by molar-refractivity contribution is -0.0968. The maximum absolute atomic E-state index is 10.4. The normalized spacial score (nSPS) is 22.2. The van der Waals surface area contributed by atoms with E-state index in [0.29, 0.717) is 0 Å². The highest BCUT2D eigenvalue weighted by atomic mass is 32.2. The maximum Gasteiger partial charge on any atom is 0.294 e. The predicted molar refractivity (Wildman–Crippen MR) is 50.6 cm³/mol. The van der Waals surface area contributed by atoms with E-state index in [1.807, 2.05) is 0 Å². The van der Waals surface area contributed by atoms with Gasteiger partial charge >= 0.3 is 0 Å². The summed E-state index contributed by atoms with van der Waals surface area (Å²) in [6.45, 7) is -0.729. The van der Waals surface area contributed by atoms with Gasteiger partial charge in [-0.25, -0.2) is 0 Å². The Labute approximate surface area is 91.5 Å². The van der Waals surface area contributed by atoms with Crippen LogP contribution >= 0.6 is 0 Å². The Kier molecular flexibility index (Phi) is 5.72. The van der Waals surface area contributed by atoms with Crippen molar-refractivity contribution in [3.05, 3.63) is 0 Å². The van der Waals surface area contributed by atoms with Gasteiger partial charge in [-0.05, 0) is 0 Å². The van der Waals surface area contributed by atoms with Gasteiger partial charge in [-0.15, -0.1) is 0 Å². The van der Waals surface area contributed by atoms with Gasteiger partial charge in [0, 0.05) is 0 Å². The van der Waals surface area contributed by atoms with E-state index in [9.17, 15) is 18.6 Å². The zero-order valence-electron chi connectivity index (χ0n) is 8.08. The first-order chi connectivity index (χ1) is 7.12. The number of aliphatic hydroxyl groups excluding tert-OH is 5. The molecule has 0 saturated heterocycles. The molecule has 0 radical (unpaired) electrons. The van der Waals surface area contributed by atoms with E-state index < -0.39 is 46.5 Å². The second-order valence-corrected chi connectivity index (χ2v) is 4.74. The highest BCUT2D eigenvalue weighted by Gasteiger charge is 2.38.